The Bertz CT molecular complexity index is 605. The predicted molar refractivity (Wildman–Crippen MR) is 90.0 cm³/mol. The van der Waals surface area contributed by atoms with Gasteiger partial charge in [0.2, 0.25) is 5.91 Å². The normalized spacial score (nSPS) is 22.2. The molecule has 23 heavy (non-hydrogen) atoms. The molecule has 2 fully saturated rings. The first kappa shape index (κ1) is 15.8. The number of nitrogens with zero attached hydrogens (tertiary/aromatic N) is 5. The van der Waals surface area contributed by atoms with Crippen LogP contribution >= 0.6 is 0 Å². The molecule has 6 heteroatoms. The second-order valence-electron chi connectivity index (χ2n) is 6.49. The molecule has 2 aliphatic rings. The highest BCUT2D eigenvalue weighted by Gasteiger charge is 2.30. The van der Waals surface area contributed by atoms with Crippen LogP contribution in [0.25, 0.3) is 10.4 Å². The van der Waals surface area contributed by atoms with E-state index in [2.05, 4.69) is 27.1 Å². The average molecular weight is 313 g/mol. The van der Waals surface area contributed by atoms with E-state index in [4.69, 9.17) is 5.53 Å². The molecule has 1 aromatic carbocycles. The zero-order valence-electron chi connectivity index (χ0n) is 13.4. The van der Waals surface area contributed by atoms with Crippen molar-refractivity contribution < 1.29 is 4.79 Å². The van der Waals surface area contributed by atoms with Gasteiger partial charge in [-0.05, 0) is 55.1 Å². The standard InChI is InChI=1S/C17H23N5O/c18-20-19-11-15-10-17(23)22(13-15)16-6-4-5-14(9-16)12-21-7-2-1-3-8-21/h4-6,9,15H,1-3,7-8,10-13H2. The van der Waals surface area contributed by atoms with Crippen LogP contribution in [0.3, 0.4) is 0 Å². The maximum absolute atomic E-state index is 12.2. The van der Waals surface area contributed by atoms with Gasteiger partial charge in [0.15, 0.2) is 0 Å². The minimum absolute atomic E-state index is 0.123. The molecule has 0 radical (unpaired) electrons. The number of anilines is 1. The third-order valence-corrected chi connectivity index (χ3v) is 4.69. The van der Waals surface area contributed by atoms with Crippen molar-refractivity contribution in [2.75, 3.05) is 31.1 Å². The molecule has 0 N–H and O–H groups in total. The Hall–Kier alpha value is -2.04. The molecule has 0 saturated carbocycles. The lowest BCUT2D eigenvalue weighted by Crippen LogP contribution is -2.29. The molecule has 6 nitrogen and oxygen atoms in total. The zero-order chi connectivity index (χ0) is 16.1. The highest BCUT2D eigenvalue weighted by atomic mass is 16.2. The van der Waals surface area contributed by atoms with Gasteiger partial charge in [-0.25, -0.2) is 0 Å². The molecule has 0 aromatic heterocycles. The highest BCUT2D eigenvalue weighted by Crippen LogP contribution is 2.26. The van der Waals surface area contributed by atoms with Crippen molar-refractivity contribution in [1.29, 1.82) is 0 Å². The van der Waals surface area contributed by atoms with E-state index in [-0.39, 0.29) is 11.8 Å². The van der Waals surface area contributed by atoms with Gasteiger partial charge in [-0.15, -0.1) is 0 Å². The number of piperidine rings is 1. The zero-order valence-corrected chi connectivity index (χ0v) is 13.4. The van der Waals surface area contributed by atoms with Gasteiger partial charge in [0, 0.05) is 36.7 Å². The van der Waals surface area contributed by atoms with Gasteiger partial charge in [-0.2, -0.15) is 0 Å². The number of rotatable bonds is 5. The molecular weight excluding hydrogens is 290 g/mol. The van der Waals surface area contributed by atoms with Gasteiger partial charge in [0.1, 0.15) is 0 Å². The summed E-state index contributed by atoms with van der Waals surface area (Å²) in [6.07, 6.45) is 4.37. The Morgan fingerprint density at radius 1 is 1.26 bits per heavy atom. The van der Waals surface area contributed by atoms with Gasteiger partial charge < -0.3 is 4.90 Å². The lowest BCUT2D eigenvalue weighted by Gasteiger charge is -2.27. The molecule has 1 atom stereocenters. The summed E-state index contributed by atoms with van der Waals surface area (Å²) in [6, 6.07) is 8.29. The molecule has 2 heterocycles. The Morgan fingerprint density at radius 3 is 2.87 bits per heavy atom. The summed E-state index contributed by atoms with van der Waals surface area (Å²) < 4.78 is 0. The largest absolute Gasteiger partial charge is 0.312 e. The fourth-order valence-electron chi connectivity index (χ4n) is 3.50. The topological polar surface area (TPSA) is 72.3 Å². The first-order valence-electron chi connectivity index (χ1n) is 8.39. The second kappa shape index (κ2) is 7.49. The third kappa shape index (κ3) is 4.03. The number of hydrogen-bond donors (Lipinski definition) is 0. The number of amides is 1. The minimum Gasteiger partial charge on any atom is -0.312 e. The number of benzene rings is 1. The lowest BCUT2D eigenvalue weighted by atomic mass is 10.1. The van der Waals surface area contributed by atoms with Gasteiger partial charge in [0.25, 0.3) is 0 Å². The van der Waals surface area contributed by atoms with E-state index < -0.39 is 0 Å². The van der Waals surface area contributed by atoms with Gasteiger partial charge in [-0.3, -0.25) is 9.69 Å². The van der Waals surface area contributed by atoms with Gasteiger partial charge in [-0.1, -0.05) is 23.7 Å². The molecule has 122 valence electrons. The third-order valence-electron chi connectivity index (χ3n) is 4.69. The molecule has 1 amide bonds. The minimum atomic E-state index is 0.123. The van der Waals surface area contributed by atoms with Crippen molar-refractivity contribution in [2.24, 2.45) is 11.0 Å². The maximum Gasteiger partial charge on any atom is 0.227 e. The molecule has 2 aliphatic heterocycles. The lowest BCUT2D eigenvalue weighted by molar-refractivity contribution is -0.117. The quantitative estimate of drug-likeness (QED) is 0.475. The van der Waals surface area contributed by atoms with Crippen molar-refractivity contribution >= 4 is 11.6 Å². The molecule has 3 rings (SSSR count). The van der Waals surface area contributed by atoms with Crippen LogP contribution in [0.1, 0.15) is 31.2 Å². The second-order valence-corrected chi connectivity index (χ2v) is 6.49. The maximum atomic E-state index is 12.2. The molecule has 1 unspecified atom stereocenters. The summed E-state index contributed by atoms with van der Waals surface area (Å²) in [5, 5.41) is 3.61. The van der Waals surface area contributed by atoms with E-state index in [1.54, 1.807) is 0 Å². The van der Waals surface area contributed by atoms with Crippen LogP contribution in [-0.4, -0.2) is 37.0 Å². The summed E-state index contributed by atoms with van der Waals surface area (Å²) in [5.41, 5.74) is 10.6. The van der Waals surface area contributed by atoms with E-state index >= 15 is 0 Å². The molecule has 0 bridgehead atoms. The number of carbonyl (C=O) groups is 1. The number of hydrogen-bond acceptors (Lipinski definition) is 3. The van der Waals surface area contributed by atoms with Gasteiger partial charge in [0.05, 0.1) is 0 Å². The Labute approximate surface area is 136 Å². The van der Waals surface area contributed by atoms with E-state index in [0.717, 1.165) is 12.2 Å². The Kier molecular flexibility index (Phi) is 5.16. The predicted octanol–water partition coefficient (Wildman–Crippen LogP) is 3.34. The van der Waals surface area contributed by atoms with Crippen molar-refractivity contribution in [2.45, 2.75) is 32.2 Å². The molecule has 0 aliphatic carbocycles. The van der Waals surface area contributed by atoms with E-state index in [1.807, 2.05) is 17.0 Å². The molecule has 0 spiro atoms. The summed E-state index contributed by atoms with van der Waals surface area (Å²) >= 11 is 0. The fraction of sp³-hybridized carbons (Fsp3) is 0.588. The van der Waals surface area contributed by atoms with Crippen molar-refractivity contribution in [3.63, 3.8) is 0 Å². The fourth-order valence-corrected chi connectivity index (χ4v) is 3.50. The van der Waals surface area contributed by atoms with Crippen molar-refractivity contribution in [3.8, 4) is 0 Å². The Balaban J connectivity index is 1.66. The highest BCUT2D eigenvalue weighted by molar-refractivity contribution is 5.95. The number of azide groups is 1. The summed E-state index contributed by atoms with van der Waals surface area (Å²) in [4.78, 5) is 19.3. The number of carbonyl (C=O) groups excluding carboxylic acids is 1. The van der Waals surface area contributed by atoms with E-state index in [0.29, 0.717) is 19.5 Å². The van der Waals surface area contributed by atoms with Crippen LogP contribution in [0, 0.1) is 5.92 Å². The average Bonchev–Trinajstić information content (AvgIpc) is 2.95. The van der Waals surface area contributed by atoms with Crippen molar-refractivity contribution in [3.05, 3.63) is 40.3 Å². The summed E-state index contributed by atoms with van der Waals surface area (Å²) in [7, 11) is 0. The first-order valence-corrected chi connectivity index (χ1v) is 8.39. The van der Waals surface area contributed by atoms with Crippen LogP contribution in [0.15, 0.2) is 29.4 Å². The molecular formula is C17H23N5O. The van der Waals surface area contributed by atoms with Crippen LogP contribution in [0.2, 0.25) is 0 Å². The summed E-state index contributed by atoms with van der Waals surface area (Å²) in [5.74, 6) is 0.252. The summed E-state index contributed by atoms with van der Waals surface area (Å²) in [6.45, 7) is 4.33. The Morgan fingerprint density at radius 2 is 2.09 bits per heavy atom. The van der Waals surface area contributed by atoms with Crippen LogP contribution in [0.5, 0.6) is 0 Å². The van der Waals surface area contributed by atoms with E-state index in [9.17, 15) is 4.79 Å². The monoisotopic (exact) mass is 313 g/mol. The smallest absolute Gasteiger partial charge is 0.227 e. The van der Waals surface area contributed by atoms with Crippen LogP contribution < -0.4 is 4.90 Å². The van der Waals surface area contributed by atoms with E-state index in [1.165, 1.54) is 37.9 Å². The van der Waals surface area contributed by atoms with Crippen molar-refractivity contribution in [1.82, 2.24) is 4.90 Å². The molecule has 1 aromatic rings. The first-order chi connectivity index (χ1) is 11.3. The van der Waals surface area contributed by atoms with Gasteiger partial charge >= 0.3 is 0 Å². The molecule has 2 saturated heterocycles. The van der Waals surface area contributed by atoms with Crippen LogP contribution in [-0.2, 0) is 11.3 Å². The van der Waals surface area contributed by atoms with Crippen LogP contribution in [0.4, 0.5) is 5.69 Å². The SMILES string of the molecule is [N-]=[N+]=NCC1CC(=O)N(c2cccc(CN3CCCCC3)c2)C1. The number of likely N-dealkylation sites (tertiary alicyclic amines) is 1.